The second-order valence-corrected chi connectivity index (χ2v) is 14.3. The minimum Gasteiger partial charge on any atom is -0.361 e. The van der Waals surface area contributed by atoms with Gasteiger partial charge in [-0.15, -0.1) is 0 Å². The lowest BCUT2D eigenvalue weighted by atomic mass is 9.89. The number of unbranched alkanes of at least 4 members (excludes halogenated alkanes) is 1. The zero-order chi connectivity index (χ0) is 37.7. The lowest BCUT2D eigenvalue weighted by molar-refractivity contribution is 0.176. The second kappa shape index (κ2) is 14.0. The first-order chi connectivity index (χ1) is 26.1. The number of benzene rings is 4. The molecule has 0 saturated heterocycles. The van der Waals surface area contributed by atoms with Crippen molar-refractivity contribution in [3.8, 4) is 22.3 Å². The van der Waals surface area contributed by atoms with Crippen molar-refractivity contribution in [1.82, 2.24) is 20.1 Å². The Hall–Kier alpha value is -6.16. The van der Waals surface area contributed by atoms with Crippen molar-refractivity contribution in [1.29, 1.82) is 0 Å². The fourth-order valence-corrected chi connectivity index (χ4v) is 8.41. The van der Waals surface area contributed by atoms with Crippen LogP contribution in [0.2, 0.25) is 0 Å². The highest BCUT2D eigenvalue weighted by Gasteiger charge is 2.39. The number of hydrogen-bond donors (Lipinski definition) is 0. The van der Waals surface area contributed by atoms with E-state index in [0.717, 1.165) is 78.8 Å². The molecule has 10 nitrogen and oxygen atoms in total. The highest BCUT2D eigenvalue weighted by Crippen LogP contribution is 2.45. The first kappa shape index (κ1) is 34.9. The Labute approximate surface area is 315 Å². The number of nitrogens with zero attached hydrogens (tertiary/aromatic N) is 6. The zero-order valence-corrected chi connectivity index (χ0v) is 31.5. The van der Waals surface area contributed by atoms with E-state index in [-0.39, 0.29) is 24.1 Å². The van der Waals surface area contributed by atoms with Crippen molar-refractivity contribution in [3.63, 3.8) is 0 Å². The van der Waals surface area contributed by atoms with E-state index in [1.807, 2.05) is 112 Å². The van der Waals surface area contributed by atoms with E-state index in [9.17, 15) is 9.59 Å². The third kappa shape index (κ3) is 5.91. The zero-order valence-electron chi connectivity index (χ0n) is 31.5. The molecule has 2 unspecified atom stereocenters. The Bertz CT molecular complexity index is 2150. The van der Waals surface area contributed by atoms with E-state index in [4.69, 9.17) is 9.05 Å². The number of rotatable bonds is 9. The summed E-state index contributed by atoms with van der Waals surface area (Å²) in [5.41, 5.74) is 11.5. The number of aryl methyl sites for hydroxylation is 4. The molecule has 0 bridgehead atoms. The van der Waals surface area contributed by atoms with Crippen LogP contribution in [-0.2, 0) is 0 Å². The highest BCUT2D eigenvalue weighted by atomic mass is 16.5. The summed E-state index contributed by atoms with van der Waals surface area (Å²) in [4.78, 5) is 35.8. The molecule has 0 spiro atoms. The average Bonchev–Trinajstić information content (AvgIpc) is 3.71. The number of fused-ring (bicyclic) bond motifs is 2. The van der Waals surface area contributed by atoms with Crippen LogP contribution in [-0.4, -0.2) is 59.4 Å². The largest absolute Gasteiger partial charge is 0.361 e. The van der Waals surface area contributed by atoms with Gasteiger partial charge < -0.3 is 18.8 Å². The number of carbonyl (C=O) groups excluding carboxylic acids is 2. The second-order valence-electron chi connectivity index (χ2n) is 14.3. The van der Waals surface area contributed by atoms with Gasteiger partial charge in [-0.1, -0.05) is 83.1 Å². The van der Waals surface area contributed by atoms with Crippen molar-refractivity contribution in [2.45, 2.75) is 52.6 Å². The Morgan fingerprint density at radius 2 is 0.944 bits per heavy atom. The number of urea groups is 2. The highest BCUT2D eigenvalue weighted by molar-refractivity contribution is 5.97. The summed E-state index contributed by atoms with van der Waals surface area (Å²) in [7, 11) is 3.68. The summed E-state index contributed by atoms with van der Waals surface area (Å²) in [5, 5.41) is 8.39. The molecule has 10 heteroatoms. The van der Waals surface area contributed by atoms with Crippen molar-refractivity contribution < 1.29 is 18.6 Å². The van der Waals surface area contributed by atoms with Crippen LogP contribution in [0.4, 0.5) is 21.0 Å². The lowest BCUT2D eigenvalue weighted by Crippen LogP contribution is -2.49. The SMILES string of the molecule is Cc1noc(C)c1-c1ccc2c(c1)C(c1ccccc1)N(CCCCN1C(=O)N(C)c3ccc(-c4c(C)noc4C)cc3C1c1ccccc1)C(=O)N2C. The molecule has 4 aromatic carbocycles. The Balaban J connectivity index is 1.10. The van der Waals surface area contributed by atoms with Crippen LogP contribution < -0.4 is 9.80 Å². The van der Waals surface area contributed by atoms with Gasteiger partial charge in [-0.2, -0.15) is 0 Å². The van der Waals surface area contributed by atoms with Crippen LogP contribution >= 0.6 is 0 Å². The normalized spacial score (nSPS) is 16.9. The maximum absolute atomic E-state index is 14.2. The molecule has 2 atom stereocenters. The molecule has 6 aromatic rings. The summed E-state index contributed by atoms with van der Waals surface area (Å²) < 4.78 is 11.0. The Morgan fingerprint density at radius 1 is 0.556 bits per heavy atom. The number of carbonyl (C=O) groups is 2. The smallest absolute Gasteiger partial charge is 0.325 e. The van der Waals surface area contributed by atoms with Gasteiger partial charge in [-0.05, 0) is 87.1 Å². The summed E-state index contributed by atoms with van der Waals surface area (Å²) >= 11 is 0. The minimum absolute atomic E-state index is 0.0573. The molecular weight excluding hydrogens is 677 g/mol. The van der Waals surface area contributed by atoms with Crippen LogP contribution in [0.1, 0.15) is 70.1 Å². The fraction of sp³-hybridized carbons (Fsp3) is 0.273. The van der Waals surface area contributed by atoms with Gasteiger partial charge in [-0.25, -0.2) is 9.59 Å². The number of amides is 4. The molecule has 0 radical (unpaired) electrons. The van der Waals surface area contributed by atoms with Gasteiger partial charge in [0, 0.05) is 49.4 Å². The van der Waals surface area contributed by atoms with Crippen LogP contribution in [0.15, 0.2) is 106 Å². The summed E-state index contributed by atoms with van der Waals surface area (Å²) in [6.07, 6.45) is 1.39. The monoisotopic (exact) mass is 720 g/mol. The molecule has 2 aliphatic heterocycles. The number of aromatic nitrogens is 2. The van der Waals surface area contributed by atoms with Crippen LogP contribution in [0.25, 0.3) is 22.3 Å². The molecule has 0 fully saturated rings. The first-order valence-corrected chi connectivity index (χ1v) is 18.5. The molecule has 0 aliphatic carbocycles. The van der Waals surface area contributed by atoms with Gasteiger partial charge in [0.05, 0.1) is 34.8 Å². The molecule has 2 aliphatic rings. The van der Waals surface area contributed by atoms with Gasteiger partial charge in [-0.3, -0.25) is 9.80 Å². The van der Waals surface area contributed by atoms with Crippen LogP contribution in [0.3, 0.4) is 0 Å². The Morgan fingerprint density at radius 3 is 1.30 bits per heavy atom. The van der Waals surface area contributed by atoms with E-state index >= 15 is 0 Å². The molecule has 8 rings (SSSR count). The van der Waals surface area contributed by atoms with Crippen molar-refractivity contribution in [2.24, 2.45) is 0 Å². The molecule has 0 N–H and O–H groups in total. The molecule has 0 saturated carbocycles. The van der Waals surface area contributed by atoms with Gasteiger partial charge in [0.2, 0.25) is 0 Å². The van der Waals surface area contributed by atoms with E-state index in [1.54, 1.807) is 9.80 Å². The van der Waals surface area contributed by atoms with Crippen molar-refractivity contribution >= 4 is 23.4 Å². The van der Waals surface area contributed by atoms with Gasteiger partial charge >= 0.3 is 12.1 Å². The molecule has 274 valence electrons. The van der Waals surface area contributed by atoms with E-state index in [1.165, 1.54) is 0 Å². The summed E-state index contributed by atoms with van der Waals surface area (Å²) in [5.74, 6) is 1.52. The number of hydrogen-bond acceptors (Lipinski definition) is 6. The quantitative estimate of drug-likeness (QED) is 0.138. The predicted molar refractivity (Wildman–Crippen MR) is 210 cm³/mol. The van der Waals surface area contributed by atoms with Crippen LogP contribution in [0, 0.1) is 27.7 Å². The van der Waals surface area contributed by atoms with Crippen molar-refractivity contribution in [3.05, 3.63) is 142 Å². The predicted octanol–water partition coefficient (Wildman–Crippen LogP) is 9.63. The van der Waals surface area contributed by atoms with E-state index in [2.05, 4.69) is 46.7 Å². The third-order valence-corrected chi connectivity index (χ3v) is 11.0. The van der Waals surface area contributed by atoms with Gasteiger partial charge in [0.15, 0.2) is 0 Å². The van der Waals surface area contributed by atoms with Crippen LogP contribution in [0.5, 0.6) is 0 Å². The van der Waals surface area contributed by atoms with E-state index in [0.29, 0.717) is 25.9 Å². The molecule has 2 aromatic heterocycles. The van der Waals surface area contributed by atoms with Crippen molar-refractivity contribution in [2.75, 3.05) is 37.0 Å². The summed E-state index contributed by atoms with van der Waals surface area (Å²) in [6, 6.07) is 32.2. The average molecular weight is 721 g/mol. The number of anilines is 2. The molecule has 4 amide bonds. The molecule has 54 heavy (non-hydrogen) atoms. The standard InChI is InChI=1S/C44H44N6O4/c1-27-39(29(3)53-45-27)33-19-21-37-35(25-33)41(31-15-9-7-10-16-31)49(43(51)47(37)5)23-13-14-24-50-42(32-17-11-8-12-18-32)36-26-34(40-28(2)46-54-30(40)4)20-22-38(36)48(6)44(50)52/h7-12,15-22,25-26,41-42H,13-14,23-24H2,1-6H3. The maximum atomic E-state index is 14.2. The lowest BCUT2D eigenvalue weighted by Gasteiger charge is -2.43. The van der Waals surface area contributed by atoms with Gasteiger partial charge in [0.25, 0.3) is 0 Å². The van der Waals surface area contributed by atoms with E-state index < -0.39 is 0 Å². The topological polar surface area (TPSA) is 99.2 Å². The third-order valence-electron chi connectivity index (χ3n) is 11.0. The molecule has 4 heterocycles. The fourth-order valence-electron chi connectivity index (χ4n) is 8.41. The Kier molecular flexibility index (Phi) is 9.05. The first-order valence-electron chi connectivity index (χ1n) is 18.5. The minimum atomic E-state index is -0.292. The molecular formula is C44H44N6O4. The van der Waals surface area contributed by atoms with Gasteiger partial charge in [0.1, 0.15) is 11.5 Å². The summed E-state index contributed by atoms with van der Waals surface area (Å²) in [6.45, 7) is 8.78. The maximum Gasteiger partial charge on any atom is 0.325 e.